The van der Waals surface area contributed by atoms with Crippen LogP contribution in [0, 0.1) is 5.41 Å². The molecule has 3 N–H and O–H groups in total. The molecule has 1 heterocycles. The van der Waals surface area contributed by atoms with Crippen LogP contribution in [-0.4, -0.2) is 11.2 Å². The van der Waals surface area contributed by atoms with E-state index in [-0.39, 0.29) is 0 Å². The number of nitrogens with one attached hydrogen (secondary N) is 1. The lowest BCUT2D eigenvalue weighted by Crippen LogP contribution is -1.98. The minimum absolute atomic E-state index is 0.435. The first-order valence-electron chi connectivity index (χ1n) is 4.02. The number of nitrogen functional groups attached to an aromatic ring is 1. The first-order valence-corrected chi connectivity index (χ1v) is 4.02. The van der Waals surface area contributed by atoms with Gasteiger partial charge in [-0.25, -0.2) is 4.98 Å². The average Bonchev–Trinajstić information content (AvgIpc) is 2.09. The Kier molecular flexibility index (Phi) is 2.80. The highest BCUT2D eigenvalue weighted by Gasteiger charge is 1.98. The van der Waals surface area contributed by atoms with Crippen LogP contribution in [-0.2, 0) is 6.42 Å². The van der Waals surface area contributed by atoms with E-state index in [1.165, 1.54) is 6.21 Å². The Labute approximate surface area is 72.1 Å². The molecule has 0 saturated carbocycles. The Hall–Kier alpha value is -1.38. The molecule has 64 valence electrons. The molecule has 1 aromatic heterocycles. The lowest BCUT2D eigenvalue weighted by molar-refractivity contribution is 0.914. The van der Waals surface area contributed by atoms with Crippen LogP contribution in [0.5, 0.6) is 0 Å². The van der Waals surface area contributed by atoms with Crippen molar-refractivity contribution < 1.29 is 0 Å². The van der Waals surface area contributed by atoms with Crippen molar-refractivity contribution in [3.05, 3.63) is 23.4 Å². The van der Waals surface area contributed by atoms with Crippen molar-refractivity contribution in [2.75, 3.05) is 5.73 Å². The number of nitrogens with two attached hydrogens (primary N) is 1. The second-order valence-electron chi connectivity index (χ2n) is 2.71. The number of rotatable bonds is 3. The van der Waals surface area contributed by atoms with E-state index in [0.29, 0.717) is 11.4 Å². The van der Waals surface area contributed by atoms with E-state index in [4.69, 9.17) is 11.1 Å². The smallest absolute Gasteiger partial charge is 0.132 e. The second-order valence-corrected chi connectivity index (χ2v) is 2.71. The molecule has 0 atom stereocenters. The SMILES string of the molecule is CCCc1cnc(N)c(C=N)c1. The van der Waals surface area contributed by atoms with E-state index >= 15 is 0 Å². The molecule has 3 nitrogen and oxygen atoms in total. The molecule has 0 aliphatic carbocycles. The Morgan fingerprint density at radius 3 is 3.00 bits per heavy atom. The summed E-state index contributed by atoms with van der Waals surface area (Å²) in [6.07, 6.45) is 5.09. The summed E-state index contributed by atoms with van der Waals surface area (Å²) in [6, 6.07) is 1.92. The molecule has 0 bridgehead atoms. The Bertz CT molecular complexity index is 281. The van der Waals surface area contributed by atoms with Crippen molar-refractivity contribution in [2.45, 2.75) is 19.8 Å². The standard InChI is InChI=1S/C9H13N3/c1-2-3-7-4-8(5-10)9(11)12-6-7/h4-6,10H,2-3H2,1H3,(H2,11,12). The highest BCUT2D eigenvalue weighted by molar-refractivity contribution is 5.83. The number of nitrogens with zero attached hydrogens (tertiary/aromatic N) is 1. The van der Waals surface area contributed by atoms with Gasteiger partial charge in [-0.1, -0.05) is 13.3 Å². The van der Waals surface area contributed by atoms with Gasteiger partial charge in [-0.15, -0.1) is 0 Å². The van der Waals surface area contributed by atoms with Crippen molar-refractivity contribution in [1.82, 2.24) is 4.98 Å². The second kappa shape index (κ2) is 3.85. The summed E-state index contributed by atoms with van der Waals surface area (Å²) in [5.41, 5.74) is 7.39. The van der Waals surface area contributed by atoms with E-state index in [0.717, 1.165) is 18.4 Å². The van der Waals surface area contributed by atoms with Gasteiger partial charge in [0.15, 0.2) is 0 Å². The zero-order valence-corrected chi connectivity index (χ0v) is 7.17. The van der Waals surface area contributed by atoms with Crippen LogP contribution < -0.4 is 5.73 Å². The van der Waals surface area contributed by atoms with Crippen molar-refractivity contribution in [3.8, 4) is 0 Å². The summed E-state index contributed by atoms with van der Waals surface area (Å²) >= 11 is 0. The Morgan fingerprint density at radius 2 is 2.42 bits per heavy atom. The van der Waals surface area contributed by atoms with Gasteiger partial charge < -0.3 is 11.1 Å². The average molecular weight is 163 g/mol. The van der Waals surface area contributed by atoms with Crippen molar-refractivity contribution in [2.24, 2.45) is 0 Å². The minimum atomic E-state index is 0.435. The van der Waals surface area contributed by atoms with Crippen LogP contribution in [0.4, 0.5) is 5.82 Å². The first kappa shape index (κ1) is 8.71. The fraction of sp³-hybridized carbons (Fsp3) is 0.333. The predicted octanol–water partition coefficient (Wildman–Crippen LogP) is 1.61. The normalized spacial score (nSPS) is 9.75. The van der Waals surface area contributed by atoms with Gasteiger partial charge in [-0.05, 0) is 18.1 Å². The van der Waals surface area contributed by atoms with E-state index in [9.17, 15) is 0 Å². The van der Waals surface area contributed by atoms with Gasteiger partial charge in [0.25, 0.3) is 0 Å². The highest BCUT2D eigenvalue weighted by Crippen LogP contribution is 2.09. The molecule has 0 aliphatic heterocycles. The van der Waals surface area contributed by atoms with Crippen molar-refractivity contribution in [1.29, 1.82) is 5.41 Å². The number of pyridine rings is 1. The third kappa shape index (κ3) is 1.81. The lowest BCUT2D eigenvalue weighted by Gasteiger charge is -2.01. The number of anilines is 1. The summed E-state index contributed by atoms with van der Waals surface area (Å²) in [7, 11) is 0. The molecule has 3 heteroatoms. The predicted molar refractivity (Wildman–Crippen MR) is 50.5 cm³/mol. The molecule has 0 fully saturated rings. The molecule has 1 rings (SSSR count). The summed E-state index contributed by atoms with van der Waals surface area (Å²) < 4.78 is 0. The van der Waals surface area contributed by atoms with Gasteiger partial charge in [0.2, 0.25) is 0 Å². The monoisotopic (exact) mass is 163 g/mol. The number of hydrogen-bond acceptors (Lipinski definition) is 3. The molecular formula is C9H13N3. The molecule has 12 heavy (non-hydrogen) atoms. The fourth-order valence-corrected chi connectivity index (χ4v) is 1.08. The van der Waals surface area contributed by atoms with E-state index in [1.54, 1.807) is 6.20 Å². The third-order valence-electron chi connectivity index (χ3n) is 1.70. The number of aryl methyl sites for hydroxylation is 1. The van der Waals surface area contributed by atoms with Crippen LogP contribution in [0.3, 0.4) is 0 Å². The zero-order chi connectivity index (χ0) is 8.97. The van der Waals surface area contributed by atoms with Crippen molar-refractivity contribution in [3.63, 3.8) is 0 Å². The van der Waals surface area contributed by atoms with Gasteiger partial charge >= 0.3 is 0 Å². The van der Waals surface area contributed by atoms with Crippen LogP contribution >= 0.6 is 0 Å². The summed E-state index contributed by atoms with van der Waals surface area (Å²) in [5.74, 6) is 0.435. The van der Waals surface area contributed by atoms with Gasteiger partial charge in [0, 0.05) is 18.0 Å². The fourth-order valence-electron chi connectivity index (χ4n) is 1.08. The number of aromatic nitrogens is 1. The maximum absolute atomic E-state index is 7.07. The molecule has 0 aliphatic rings. The van der Waals surface area contributed by atoms with Crippen LogP contribution in [0.15, 0.2) is 12.3 Å². The van der Waals surface area contributed by atoms with E-state index < -0.39 is 0 Å². The molecule has 0 radical (unpaired) electrons. The molecule has 0 saturated heterocycles. The van der Waals surface area contributed by atoms with Crippen LogP contribution in [0.25, 0.3) is 0 Å². The van der Waals surface area contributed by atoms with Gasteiger partial charge in [-0.3, -0.25) is 0 Å². The molecular weight excluding hydrogens is 150 g/mol. The van der Waals surface area contributed by atoms with Gasteiger partial charge in [-0.2, -0.15) is 0 Å². The summed E-state index contributed by atoms with van der Waals surface area (Å²) in [5, 5.41) is 7.07. The molecule has 1 aromatic rings. The van der Waals surface area contributed by atoms with E-state index in [1.807, 2.05) is 6.07 Å². The van der Waals surface area contributed by atoms with Crippen molar-refractivity contribution >= 4 is 12.0 Å². The summed E-state index contributed by atoms with van der Waals surface area (Å²) in [4.78, 5) is 4.00. The van der Waals surface area contributed by atoms with Crippen LogP contribution in [0.1, 0.15) is 24.5 Å². The molecule has 0 aromatic carbocycles. The number of hydrogen-bond donors (Lipinski definition) is 2. The molecule has 0 unspecified atom stereocenters. The van der Waals surface area contributed by atoms with Gasteiger partial charge in [0.05, 0.1) is 0 Å². The van der Waals surface area contributed by atoms with Gasteiger partial charge in [0.1, 0.15) is 5.82 Å². The molecule has 0 amide bonds. The minimum Gasteiger partial charge on any atom is -0.383 e. The third-order valence-corrected chi connectivity index (χ3v) is 1.70. The van der Waals surface area contributed by atoms with Crippen LogP contribution in [0.2, 0.25) is 0 Å². The zero-order valence-electron chi connectivity index (χ0n) is 7.17. The van der Waals surface area contributed by atoms with E-state index in [2.05, 4.69) is 11.9 Å². The largest absolute Gasteiger partial charge is 0.383 e. The summed E-state index contributed by atoms with van der Waals surface area (Å²) in [6.45, 7) is 2.11. The maximum Gasteiger partial charge on any atom is 0.132 e. The Balaban J connectivity index is 2.96. The quantitative estimate of drug-likeness (QED) is 0.665. The first-order chi connectivity index (χ1) is 5.77. The lowest BCUT2D eigenvalue weighted by atomic mass is 10.1. The Morgan fingerprint density at radius 1 is 1.67 bits per heavy atom. The maximum atomic E-state index is 7.07. The highest BCUT2D eigenvalue weighted by atomic mass is 14.8. The topological polar surface area (TPSA) is 62.8 Å². The molecule has 0 spiro atoms.